The van der Waals surface area contributed by atoms with Gasteiger partial charge in [0.25, 0.3) is 11.5 Å². The highest BCUT2D eigenvalue weighted by Gasteiger charge is 2.28. The van der Waals surface area contributed by atoms with Crippen LogP contribution in [-0.4, -0.2) is 44.9 Å². The third-order valence-corrected chi connectivity index (χ3v) is 9.02. The number of thiazole rings is 1. The summed E-state index contributed by atoms with van der Waals surface area (Å²) in [5.74, 6) is 1.40. The molecule has 2 unspecified atom stereocenters. The highest BCUT2D eigenvalue weighted by Crippen LogP contribution is 2.36. The Balaban J connectivity index is 1.27. The number of likely N-dealkylation sites (tertiary alicyclic amines) is 1. The van der Waals surface area contributed by atoms with Crippen molar-refractivity contribution in [3.63, 3.8) is 0 Å². The number of H-pyrrole nitrogens is 1. The Morgan fingerprint density at radius 3 is 2.81 bits per heavy atom. The van der Waals surface area contributed by atoms with Gasteiger partial charge in [0.1, 0.15) is 15.5 Å². The highest BCUT2D eigenvalue weighted by molar-refractivity contribution is 7.18. The number of piperidine rings is 1. The molecule has 7 nitrogen and oxygen atoms in total. The molecule has 1 aliphatic carbocycles. The summed E-state index contributed by atoms with van der Waals surface area (Å²) in [5, 5.41) is 3.97. The van der Waals surface area contributed by atoms with E-state index >= 15 is 0 Å². The van der Waals surface area contributed by atoms with Crippen molar-refractivity contribution >= 4 is 38.8 Å². The molecule has 2 N–H and O–H groups in total. The van der Waals surface area contributed by atoms with Gasteiger partial charge in [0.05, 0.1) is 22.6 Å². The Morgan fingerprint density at radius 1 is 1.31 bits per heavy atom. The summed E-state index contributed by atoms with van der Waals surface area (Å²) in [7, 11) is 0. The average molecular weight is 472 g/mol. The van der Waals surface area contributed by atoms with Gasteiger partial charge in [-0.25, -0.2) is 9.97 Å². The van der Waals surface area contributed by atoms with Crippen molar-refractivity contribution in [2.45, 2.75) is 65.0 Å². The number of fused-ring (bicyclic) bond motifs is 3. The third-order valence-electron chi connectivity index (χ3n) is 6.94. The van der Waals surface area contributed by atoms with Gasteiger partial charge in [0.15, 0.2) is 0 Å². The SMILES string of the molecule is Cc1ncsc1C(=O)NC1CCN(C(C)c2nc3sc4c(c3c(=O)[nH]2)CCC(C)C4)CC1. The van der Waals surface area contributed by atoms with Crippen LogP contribution in [0.4, 0.5) is 0 Å². The van der Waals surface area contributed by atoms with Crippen molar-refractivity contribution in [2.24, 2.45) is 5.92 Å². The number of nitrogens with one attached hydrogen (secondary N) is 2. The molecule has 0 saturated carbocycles. The Kier molecular flexibility index (Phi) is 5.90. The number of aromatic amines is 1. The average Bonchev–Trinajstić information content (AvgIpc) is 3.36. The summed E-state index contributed by atoms with van der Waals surface area (Å²) in [6.45, 7) is 7.97. The lowest BCUT2D eigenvalue weighted by molar-refractivity contribution is 0.0896. The number of rotatable bonds is 4. The Labute approximate surface area is 195 Å². The summed E-state index contributed by atoms with van der Waals surface area (Å²) in [6, 6.07) is 0.193. The van der Waals surface area contributed by atoms with Crippen LogP contribution in [0.5, 0.6) is 0 Å². The van der Waals surface area contributed by atoms with E-state index in [1.807, 2.05) is 6.92 Å². The molecule has 1 fully saturated rings. The molecule has 0 radical (unpaired) electrons. The van der Waals surface area contributed by atoms with Crippen molar-refractivity contribution in [2.75, 3.05) is 13.1 Å². The molecule has 1 saturated heterocycles. The quantitative estimate of drug-likeness (QED) is 0.603. The second-order valence-corrected chi connectivity index (χ2v) is 11.1. The molecule has 2 atom stereocenters. The van der Waals surface area contributed by atoms with Crippen LogP contribution in [0.15, 0.2) is 10.3 Å². The standard InChI is InChI=1S/C23H29N5O2S2/c1-12-4-5-16-17(10-12)32-23-18(16)21(29)26-20(27-23)14(3)28-8-6-15(7-9-28)25-22(30)19-13(2)24-11-31-19/h11-12,14-15H,4-10H2,1-3H3,(H,25,30)(H,26,27,29). The molecule has 3 aromatic heterocycles. The second kappa shape index (κ2) is 8.68. The minimum absolute atomic E-state index is 0.00554. The first-order valence-corrected chi connectivity index (χ1v) is 13.1. The molecular weight excluding hydrogens is 442 g/mol. The van der Waals surface area contributed by atoms with E-state index in [-0.39, 0.29) is 23.6 Å². The highest BCUT2D eigenvalue weighted by atomic mass is 32.1. The number of hydrogen-bond acceptors (Lipinski definition) is 7. The lowest BCUT2D eigenvalue weighted by Crippen LogP contribution is -2.45. The van der Waals surface area contributed by atoms with E-state index in [4.69, 9.17) is 4.98 Å². The first-order chi connectivity index (χ1) is 15.4. The smallest absolute Gasteiger partial charge is 0.263 e. The van der Waals surface area contributed by atoms with E-state index in [0.717, 1.165) is 66.9 Å². The van der Waals surface area contributed by atoms with E-state index in [1.165, 1.54) is 21.8 Å². The molecule has 0 spiro atoms. The van der Waals surface area contributed by atoms with Gasteiger partial charge in [-0.1, -0.05) is 6.92 Å². The molecule has 0 aromatic carbocycles. The number of amides is 1. The maximum atomic E-state index is 13.0. The zero-order valence-electron chi connectivity index (χ0n) is 18.7. The third kappa shape index (κ3) is 4.02. The second-order valence-electron chi connectivity index (χ2n) is 9.21. The molecule has 3 aromatic rings. The molecule has 32 heavy (non-hydrogen) atoms. The van der Waals surface area contributed by atoms with Gasteiger partial charge in [0, 0.05) is 24.0 Å². The monoisotopic (exact) mass is 471 g/mol. The number of nitrogens with zero attached hydrogens (tertiary/aromatic N) is 3. The maximum Gasteiger partial charge on any atom is 0.263 e. The summed E-state index contributed by atoms with van der Waals surface area (Å²) in [4.78, 5) is 42.9. The lowest BCUT2D eigenvalue weighted by Gasteiger charge is -2.35. The van der Waals surface area contributed by atoms with E-state index in [0.29, 0.717) is 10.8 Å². The first-order valence-electron chi connectivity index (χ1n) is 11.4. The summed E-state index contributed by atoms with van der Waals surface area (Å²) < 4.78 is 0. The minimum atomic E-state index is -0.0241. The molecule has 4 heterocycles. The fraction of sp³-hybridized carbons (Fsp3) is 0.565. The number of carbonyl (C=O) groups is 1. The first kappa shape index (κ1) is 21.7. The van der Waals surface area contributed by atoms with Crippen molar-refractivity contribution in [3.05, 3.63) is 42.7 Å². The fourth-order valence-corrected chi connectivity index (χ4v) is 7.03. The Bertz CT molecular complexity index is 1200. The van der Waals surface area contributed by atoms with E-state index in [9.17, 15) is 9.59 Å². The van der Waals surface area contributed by atoms with Crippen LogP contribution in [0.25, 0.3) is 10.2 Å². The largest absolute Gasteiger partial charge is 0.348 e. The van der Waals surface area contributed by atoms with Crippen molar-refractivity contribution in [1.29, 1.82) is 0 Å². The zero-order valence-corrected chi connectivity index (χ0v) is 20.4. The summed E-state index contributed by atoms with van der Waals surface area (Å²) in [6.07, 6.45) is 4.94. The number of aryl methyl sites for hydroxylation is 2. The van der Waals surface area contributed by atoms with Crippen molar-refractivity contribution in [1.82, 2.24) is 25.2 Å². The van der Waals surface area contributed by atoms with E-state index in [2.05, 4.69) is 34.0 Å². The molecule has 1 aliphatic heterocycles. The van der Waals surface area contributed by atoms with Gasteiger partial charge >= 0.3 is 0 Å². The van der Waals surface area contributed by atoms with Gasteiger partial charge < -0.3 is 10.3 Å². The van der Waals surface area contributed by atoms with Crippen LogP contribution in [0.3, 0.4) is 0 Å². The lowest BCUT2D eigenvalue weighted by atomic mass is 9.89. The summed E-state index contributed by atoms with van der Waals surface area (Å²) >= 11 is 3.09. The predicted octanol–water partition coefficient (Wildman–Crippen LogP) is 3.83. The van der Waals surface area contributed by atoms with Gasteiger partial charge in [-0.2, -0.15) is 0 Å². The molecule has 170 valence electrons. The molecular formula is C23H29N5O2S2. The maximum absolute atomic E-state index is 13.0. The Morgan fingerprint density at radius 2 is 2.09 bits per heavy atom. The van der Waals surface area contributed by atoms with Crippen LogP contribution in [0.1, 0.15) is 70.8 Å². The fourth-order valence-electron chi connectivity index (χ4n) is 4.94. The van der Waals surface area contributed by atoms with Crippen molar-refractivity contribution in [3.8, 4) is 0 Å². The minimum Gasteiger partial charge on any atom is -0.348 e. The van der Waals surface area contributed by atoms with Crippen molar-refractivity contribution < 1.29 is 4.79 Å². The van der Waals surface area contributed by atoms with Crippen LogP contribution < -0.4 is 10.9 Å². The van der Waals surface area contributed by atoms with Gasteiger partial charge in [-0.3, -0.25) is 14.5 Å². The van der Waals surface area contributed by atoms with Gasteiger partial charge in [0.2, 0.25) is 0 Å². The summed E-state index contributed by atoms with van der Waals surface area (Å²) in [5.41, 5.74) is 3.73. The van der Waals surface area contributed by atoms with Gasteiger partial charge in [-0.15, -0.1) is 22.7 Å². The molecule has 2 aliphatic rings. The van der Waals surface area contributed by atoms with Crippen LogP contribution in [0, 0.1) is 12.8 Å². The molecule has 5 rings (SSSR count). The number of hydrogen-bond donors (Lipinski definition) is 2. The van der Waals surface area contributed by atoms with Gasteiger partial charge in [-0.05, 0) is 57.4 Å². The van der Waals surface area contributed by atoms with Crippen LogP contribution in [-0.2, 0) is 12.8 Å². The van der Waals surface area contributed by atoms with Crippen LogP contribution >= 0.6 is 22.7 Å². The number of thiophene rings is 1. The predicted molar refractivity (Wildman–Crippen MR) is 129 cm³/mol. The molecule has 1 amide bonds. The number of aromatic nitrogens is 3. The molecule has 9 heteroatoms. The number of carbonyl (C=O) groups excluding carboxylic acids is 1. The molecule has 0 bridgehead atoms. The van der Waals surface area contributed by atoms with Crippen LogP contribution in [0.2, 0.25) is 0 Å². The normalized spacial score (nSPS) is 20.9. The Hall–Kier alpha value is -2.10. The topological polar surface area (TPSA) is 91.0 Å². The van der Waals surface area contributed by atoms with E-state index in [1.54, 1.807) is 16.8 Å². The van der Waals surface area contributed by atoms with E-state index < -0.39 is 0 Å². The zero-order chi connectivity index (χ0) is 22.4.